The predicted molar refractivity (Wildman–Crippen MR) is 115 cm³/mol. The van der Waals surface area contributed by atoms with Crippen molar-refractivity contribution in [3.05, 3.63) is 59.0 Å². The Morgan fingerprint density at radius 3 is 2.81 bits per heavy atom. The second-order valence-electron chi connectivity index (χ2n) is 8.72. The third kappa shape index (κ3) is 3.43. The van der Waals surface area contributed by atoms with Gasteiger partial charge in [0.2, 0.25) is 0 Å². The number of carbonyl (C=O) groups excluding carboxylic acids is 1. The van der Waals surface area contributed by atoms with Crippen LogP contribution in [0.2, 0.25) is 0 Å². The highest BCUT2D eigenvalue weighted by Crippen LogP contribution is 2.42. The molecule has 3 aromatic rings. The van der Waals surface area contributed by atoms with Crippen LogP contribution in [-0.4, -0.2) is 44.9 Å². The molecule has 2 fully saturated rings. The molecular weight excluding hydrogens is 390 g/mol. The number of nitrogens with one attached hydrogen (secondary N) is 1. The van der Waals surface area contributed by atoms with Crippen molar-refractivity contribution in [2.24, 2.45) is 0 Å². The molecule has 7 heteroatoms. The van der Waals surface area contributed by atoms with Crippen LogP contribution in [0.1, 0.15) is 58.8 Å². The lowest BCUT2D eigenvalue weighted by Gasteiger charge is -2.13. The zero-order chi connectivity index (χ0) is 20.8. The van der Waals surface area contributed by atoms with E-state index >= 15 is 0 Å². The summed E-state index contributed by atoms with van der Waals surface area (Å²) in [5.41, 5.74) is 6.23. The summed E-state index contributed by atoms with van der Waals surface area (Å²) in [5, 5.41) is 7.67. The number of aromatic nitrogens is 4. The van der Waals surface area contributed by atoms with Gasteiger partial charge < -0.3 is 10.1 Å². The molecule has 1 N–H and O–H groups in total. The third-order valence-electron chi connectivity index (χ3n) is 6.49. The molecule has 0 bridgehead atoms. The zero-order valence-corrected chi connectivity index (χ0v) is 17.4. The summed E-state index contributed by atoms with van der Waals surface area (Å²) in [4.78, 5) is 22.6. The summed E-state index contributed by atoms with van der Waals surface area (Å²) in [6, 6.07) is 8.55. The molecule has 1 saturated heterocycles. The Morgan fingerprint density at radius 1 is 1.10 bits per heavy atom. The fourth-order valence-corrected chi connectivity index (χ4v) is 4.71. The van der Waals surface area contributed by atoms with Crippen molar-refractivity contribution in [3.63, 3.8) is 0 Å². The Kier molecular flexibility index (Phi) is 4.56. The summed E-state index contributed by atoms with van der Waals surface area (Å²) in [5.74, 6) is 0.794. The number of hydrogen-bond donors (Lipinski definition) is 1. The first kappa shape index (κ1) is 18.7. The van der Waals surface area contributed by atoms with E-state index in [4.69, 9.17) is 9.72 Å². The van der Waals surface area contributed by atoms with E-state index in [9.17, 15) is 4.79 Å². The third-order valence-corrected chi connectivity index (χ3v) is 6.49. The van der Waals surface area contributed by atoms with Gasteiger partial charge in [0.25, 0.3) is 11.9 Å². The Balaban J connectivity index is 1.40. The number of fused-ring (bicyclic) bond motifs is 3. The van der Waals surface area contributed by atoms with E-state index in [0.29, 0.717) is 30.6 Å². The van der Waals surface area contributed by atoms with Gasteiger partial charge in [0, 0.05) is 24.3 Å². The second-order valence-corrected chi connectivity index (χ2v) is 8.72. The van der Waals surface area contributed by atoms with Gasteiger partial charge in [-0.3, -0.25) is 4.79 Å². The summed E-state index contributed by atoms with van der Waals surface area (Å²) in [6.45, 7) is 1.27. The fourth-order valence-electron chi connectivity index (χ4n) is 4.71. The maximum Gasteiger partial charge on any atom is 0.255 e. The fraction of sp³-hybridized carbons (Fsp3) is 0.417. The standard InChI is InChI=1S/C24H25N5O2/c30-23(27-18-10-11-31-14-18)20-13-26-29(22(20)16-8-9-16)24-25-12-17-6-3-5-15-4-1-2-7-19(15)21(17)28-24/h1-2,4,7,12-13,16,18H,3,5-6,8-11,14H2,(H,27,30)/t18-/m0/s1. The van der Waals surface area contributed by atoms with E-state index in [1.165, 1.54) is 16.7 Å². The molecule has 31 heavy (non-hydrogen) atoms. The van der Waals surface area contributed by atoms with E-state index in [1.54, 1.807) is 10.9 Å². The van der Waals surface area contributed by atoms with Crippen molar-refractivity contribution in [3.8, 4) is 17.2 Å². The molecule has 1 saturated carbocycles. The molecule has 2 aliphatic carbocycles. The van der Waals surface area contributed by atoms with E-state index in [-0.39, 0.29) is 11.9 Å². The van der Waals surface area contributed by atoms with Gasteiger partial charge in [0.05, 0.1) is 35.8 Å². The molecule has 7 nitrogen and oxygen atoms in total. The van der Waals surface area contributed by atoms with Gasteiger partial charge in [-0.15, -0.1) is 0 Å². The number of hydrogen-bond acceptors (Lipinski definition) is 5. The quantitative estimate of drug-likeness (QED) is 0.708. The molecule has 2 aromatic heterocycles. The molecule has 1 aromatic carbocycles. The van der Waals surface area contributed by atoms with Crippen molar-refractivity contribution in [2.75, 3.05) is 13.2 Å². The van der Waals surface area contributed by atoms with Gasteiger partial charge in [0.1, 0.15) is 0 Å². The molecule has 158 valence electrons. The Morgan fingerprint density at radius 2 is 1.97 bits per heavy atom. The maximum atomic E-state index is 13.0. The second kappa shape index (κ2) is 7.57. The van der Waals surface area contributed by atoms with Crippen LogP contribution in [-0.2, 0) is 17.6 Å². The lowest BCUT2D eigenvalue weighted by Crippen LogP contribution is -2.35. The predicted octanol–water partition coefficient (Wildman–Crippen LogP) is 3.21. The van der Waals surface area contributed by atoms with E-state index in [2.05, 4.69) is 39.7 Å². The highest BCUT2D eigenvalue weighted by atomic mass is 16.5. The first-order valence-electron chi connectivity index (χ1n) is 11.2. The van der Waals surface area contributed by atoms with Crippen molar-refractivity contribution in [2.45, 2.75) is 50.5 Å². The molecule has 1 amide bonds. The number of rotatable bonds is 4. The lowest BCUT2D eigenvalue weighted by atomic mass is 10.0. The minimum atomic E-state index is -0.0799. The van der Waals surface area contributed by atoms with Gasteiger partial charge >= 0.3 is 0 Å². The number of carbonyl (C=O) groups is 1. The molecular formula is C24H25N5O2. The van der Waals surface area contributed by atoms with Gasteiger partial charge in [-0.05, 0) is 49.7 Å². The van der Waals surface area contributed by atoms with Gasteiger partial charge in [-0.25, -0.2) is 14.6 Å². The van der Waals surface area contributed by atoms with Gasteiger partial charge in [-0.2, -0.15) is 5.10 Å². The molecule has 3 heterocycles. The minimum Gasteiger partial charge on any atom is -0.379 e. The van der Waals surface area contributed by atoms with Crippen molar-refractivity contribution in [1.29, 1.82) is 0 Å². The van der Waals surface area contributed by atoms with Crippen LogP contribution < -0.4 is 5.32 Å². The molecule has 0 spiro atoms. The molecule has 1 atom stereocenters. The first-order chi connectivity index (χ1) is 15.3. The van der Waals surface area contributed by atoms with Crippen molar-refractivity contribution >= 4 is 5.91 Å². The molecule has 0 unspecified atom stereocenters. The zero-order valence-electron chi connectivity index (χ0n) is 17.4. The summed E-state index contributed by atoms with van der Waals surface area (Å²) in [7, 11) is 0. The first-order valence-corrected chi connectivity index (χ1v) is 11.2. The highest BCUT2D eigenvalue weighted by molar-refractivity contribution is 5.95. The lowest BCUT2D eigenvalue weighted by molar-refractivity contribution is 0.0929. The number of aryl methyl sites for hydroxylation is 2. The Bertz CT molecular complexity index is 1140. The molecule has 6 rings (SSSR count). The smallest absolute Gasteiger partial charge is 0.255 e. The number of benzene rings is 1. The van der Waals surface area contributed by atoms with Crippen LogP contribution in [0, 0.1) is 0 Å². The average Bonchev–Trinajstić information content (AvgIpc) is 3.38. The summed E-state index contributed by atoms with van der Waals surface area (Å²) >= 11 is 0. The molecule has 1 aliphatic heterocycles. The topological polar surface area (TPSA) is 81.9 Å². The van der Waals surface area contributed by atoms with E-state index < -0.39 is 0 Å². The van der Waals surface area contributed by atoms with Crippen LogP contribution in [0.5, 0.6) is 0 Å². The average molecular weight is 415 g/mol. The summed E-state index contributed by atoms with van der Waals surface area (Å²) < 4.78 is 7.18. The SMILES string of the molecule is O=C(N[C@H]1CCOC1)c1cnn(-c2ncc3c(n2)-c2ccccc2CCC3)c1C1CC1. The van der Waals surface area contributed by atoms with Crippen molar-refractivity contribution in [1.82, 2.24) is 25.1 Å². The number of ether oxygens (including phenoxy) is 1. The van der Waals surface area contributed by atoms with Crippen LogP contribution in [0.15, 0.2) is 36.7 Å². The van der Waals surface area contributed by atoms with E-state index in [0.717, 1.165) is 49.9 Å². The summed E-state index contributed by atoms with van der Waals surface area (Å²) in [6.07, 6.45) is 9.69. The van der Waals surface area contributed by atoms with Crippen LogP contribution >= 0.6 is 0 Å². The largest absolute Gasteiger partial charge is 0.379 e. The minimum absolute atomic E-state index is 0.0724. The Hall–Kier alpha value is -3.06. The normalized spacial score (nSPS) is 20.1. The van der Waals surface area contributed by atoms with Crippen LogP contribution in [0.4, 0.5) is 0 Å². The van der Waals surface area contributed by atoms with Crippen LogP contribution in [0.25, 0.3) is 17.2 Å². The maximum absolute atomic E-state index is 13.0. The van der Waals surface area contributed by atoms with Crippen LogP contribution in [0.3, 0.4) is 0 Å². The Labute approximate surface area is 180 Å². The van der Waals surface area contributed by atoms with Gasteiger partial charge in [0.15, 0.2) is 0 Å². The highest BCUT2D eigenvalue weighted by Gasteiger charge is 2.34. The monoisotopic (exact) mass is 415 g/mol. The van der Waals surface area contributed by atoms with Crippen molar-refractivity contribution < 1.29 is 9.53 Å². The van der Waals surface area contributed by atoms with E-state index in [1.807, 2.05) is 6.20 Å². The molecule has 3 aliphatic rings. The number of nitrogens with zero attached hydrogens (tertiary/aromatic N) is 4. The molecule has 0 radical (unpaired) electrons. The van der Waals surface area contributed by atoms with Gasteiger partial charge in [-0.1, -0.05) is 24.3 Å². The number of amides is 1.